The van der Waals surface area contributed by atoms with E-state index in [9.17, 15) is 9.50 Å². The Balaban J connectivity index is 1.46. The van der Waals surface area contributed by atoms with Crippen molar-refractivity contribution in [3.05, 3.63) is 87.3 Å². The number of phenols is 1. The van der Waals surface area contributed by atoms with E-state index < -0.39 is 0 Å². The summed E-state index contributed by atoms with van der Waals surface area (Å²) in [5, 5.41) is 11.5. The number of hydrogen-bond acceptors (Lipinski definition) is 3. The number of aromatic hydroxyl groups is 1. The highest BCUT2D eigenvalue weighted by Gasteiger charge is 2.13. The van der Waals surface area contributed by atoms with Gasteiger partial charge in [-0.3, -0.25) is 4.90 Å². The summed E-state index contributed by atoms with van der Waals surface area (Å²) in [5.74, 6) is -0.227. The second-order valence-corrected chi connectivity index (χ2v) is 7.82. The van der Waals surface area contributed by atoms with Gasteiger partial charge in [0.2, 0.25) is 0 Å². The lowest BCUT2D eigenvalue weighted by atomic mass is 10.1. The van der Waals surface area contributed by atoms with Gasteiger partial charge in [0, 0.05) is 30.6 Å². The number of halogens is 3. The van der Waals surface area contributed by atoms with Crippen molar-refractivity contribution in [2.45, 2.75) is 13.0 Å². The van der Waals surface area contributed by atoms with Gasteiger partial charge in [0.15, 0.2) is 5.75 Å². The lowest BCUT2D eigenvalue weighted by molar-refractivity contribution is 0.283. The molecule has 0 radical (unpaired) electrons. The summed E-state index contributed by atoms with van der Waals surface area (Å²) in [6.07, 6.45) is 6.96. The second kappa shape index (κ2) is 8.54. The van der Waals surface area contributed by atoms with Crippen molar-refractivity contribution in [3.63, 3.8) is 0 Å². The van der Waals surface area contributed by atoms with Crippen molar-refractivity contribution in [3.8, 4) is 5.75 Å². The molecule has 1 aliphatic rings. The Hall–Kier alpha value is -2.40. The zero-order valence-corrected chi connectivity index (χ0v) is 17.1. The first kappa shape index (κ1) is 19.9. The van der Waals surface area contributed by atoms with Crippen LogP contribution in [0.15, 0.2) is 60.2 Å². The highest BCUT2D eigenvalue weighted by Crippen LogP contribution is 2.36. The summed E-state index contributed by atoms with van der Waals surface area (Å²) in [7, 11) is 0. The predicted molar refractivity (Wildman–Crippen MR) is 117 cm³/mol. The Bertz CT molecular complexity index is 1130. The molecule has 4 rings (SSSR count). The maximum Gasteiger partial charge on any atom is 0.160 e. The van der Waals surface area contributed by atoms with Crippen LogP contribution in [-0.4, -0.2) is 28.1 Å². The lowest BCUT2D eigenvalue weighted by Crippen LogP contribution is -2.28. The van der Waals surface area contributed by atoms with Gasteiger partial charge in [0.1, 0.15) is 11.3 Å². The number of hydrogen-bond donors (Lipinski definition) is 1. The van der Waals surface area contributed by atoms with Crippen LogP contribution in [-0.2, 0) is 6.54 Å². The molecule has 0 saturated heterocycles. The minimum absolute atomic E-state index is 0.0676. The van der Waals surface area contributed by atoms with Gasteiger partial charge in [-0.2, -0.15) is 0 Å². The number of fused-ring (bicyclic) bond motifs is 1. The fourth-order valence-corrected chi connectivity index (χ4v) is 3.91. The largest absolute Gasteiger partial charge is 0.504 e. The molecule has 2 heterocycles. The minimum atomic E-state index is -0.159. The third kappa shape index (κ3) is 4.45. The molecule has 0 bridgehead atoms. The summed E-state index contributed by atoms with van der Waals surface area (Å²) >= 11 is 12.2. The molecule has 0 unspecified atom stereocenters. The van der Waals surface area contributed by atoms with Gasteiger partial charge in [-0.1, -0.05) is 53.6 Å². The maximum absolute atomic E-state index is 13.8. The van der Waals surface area contributed by atoms with Crippen LogP contribution in [0.2, 0.25) is 10.0 Å². The summed E-state index contributed by atoms with van der Waals surface area (Å²) in [5.41, 5.74) is 3.02. The molecule has 1 N–H and O–H groups in total. The average molecular weight is 429 g/mol. The van der Waals surface area contributed by atoms with Crippen molar-refractivity contribution in [1.29, 1.82) is 0 Å². The molecular weight excluding hydrogens is 410 g/mol. The van der Waals surface area contributed by atoms with Crippen LogP contribution in [0.3, 0.4) is 0 Å². The van der Waals surface area contributed by atoms with Gasteiger partial charge in [0.05, 0.1) is 15.7 Å². The SMILES string of the molecule is Oc1c(Cl)cc(Cl)c2ccc(C=CC3=CCN(Cc4ccccc4F)CC3)nc12. The molecule has 0 amide bonds. The minimum Gasteiger partial charge on any atom is -0.504 e. The van der Waals surface area contributed by atoms with E-state index in [0.717, 1.165) is 25.1 Å². The lowest BCUT2D eigenvalue weighted by Gasteiger charge is -2.25. The van der Waals surface area contributed by atoms with Crippen molar-refractivity contribution in [2.75, 3.05) is 13.1 Å². The number of allylic oxidation sites excluding steroid dienone is 1. The van der Waals surface area contributed by atoms with Crippen LogP contribution in [0.1, 0.15) is 17.7 Å². The van der Waals surface area contributed by atoms with Crippen molar-refractivity contribution >= 4 is 40.2 Å². The van der Waals surface area contributed by atoms with Crippen LogP contribution < -0.4 is 0 Å². The van der Waals surface area contributed by atoms with Gasteiger partial charge in [-0.25, -0.2) is 9.37 Å². The van der Waals surface area contributed by atoms with Gasteiger partial charge < -0.3 is 5.11 Å². The zero-order valence-electron chi connectivity index (χ0n) is 15.6. The molecule has 3 nitrogen and oxygen atoms in total. The molecule has 29 heavy (non-hydrogen) atoms. The molecule has 2 aromatic carbocycles. The Morgan fingerprint density at radius 1 is 1.10 bits per heavy atom. The molecular formula is C23H19Cl2FN2O. The van der Waals surface area contributed by atoms with Gasteiger partial charge in [-0.05, 0) is 42.3 Å². The van der Waals surface area contributed by atoms with E-state index in [0.29, 0.717) is 28.2 Å². The first-order valence-corrected chi connectivity index (χ1v) is 10.1. The van der Waals surface area contributed by atoms with Crippen LogP contribution >= 0.6 is 23.2 Å². The molecule has 0 spiro atoms. The summed E-state index contributed by atoms with van der Waals surface area (Å²) < 4.78 is 13.8. The first-order valence-electron chi connectivity index (χ1n) is 9.32. The number of rotatable bonds is 4. The number of phenolic OH excluding ortho intramolecular Hbond substituents is 1. The van der Waals surface area contributed by atoms with E-state index in [1.807, 2.05) is 36.4 Å². The molecule has 1 aromatic heterocycles. The summed E-state index contributed by atoms with van der Waals surface area (Å²) in [6, 6.07) is 12.1. The molecule has 0 atom stereocenters. The monoisotopic (exact) mass is 428 g/mol. The molecule has 0 fully saturated rings. The van der Waals surface area contributed by atoms with Crippen LogP contribution in [0.5, 0.6) is 5.75 Å². The topological polar surface area (TPSA) is 36.4 Å². The first-order chi connectivity index (χ1) is 14.0. The van der Waals surface area contributed by atoms with Gasteiger partial charge >= 0.3 is 0 Å². The third-order valence-electron chi connectivity index (χ3n) is 5.03. The Labute approximate surface area is 178 Å². The molecule has 0 aliphatic carbocycles. The van der Waals surface area contributed by atoms with E-state index in [4.69, 9.17) is 23.2 Å². The standard InChI is InChI=1S/C23H19Cl2FN2O/c24-19-13-20(25)23(29)22-18(19)8-7-17(27-22)6-5-15-9-11-28(12-10-15)14-16-3-1-2-4-21(16)26/h1-9,13,29H,10-12,14H2. The summed E-state index contributed by atoms with van der Waals surface area (Å²) in [4.78, 5) is 6.69. The van der Waals surface area contributed by atoms with E-state index >= 15 is 0 Å². The van der Waals surface area contributed by atoms with Gasteiger partial charge in [0.25, 0.3) is 0 Å². The van der Waals surface area contributed by atoms with Crippen LogP contribution in [0, 0.1) is 5.82 Å². The predicted octanol–water partition coefficient (Wildman–Crippen LogP) is 6.23. The van der Waals surface area contributed by atoms with Crippen molar-refractivity contribution in [1.82, 2.24) is 9.88 Å². The molecule has 148 valence electrons. The zero-order chi connectivity index (χ0) is 20.4. The van der Waals surface area contributed by atoms with E-state index in [1.54, 1.807) is 6.07 Å². The molecule has 3 aromatic rings. The fraction of sp³-hybridized carbons (Fsp3) is 0.174. The van der Waals surface area contributed by atoms with Crippen LogP contribution in [0.4, 0.5) is 4.39 Å². The van der Waals surface area contributed by atoms with Crippen molar-refractivity contribution < 1.29 is 9.50 Å². The average Bonchev–Trinajstić information content (AvgIpc) is 2.73. The Kier molecular flexibility index (Phi) is 5.86. The number of pyridine rings is 1. The number of benzene rings is 2. The second-order valence-electron chi connectivity index (χ2n) is 7.01. The molecule has 1 aliphatic heterocycles. The molecule has 0 saturated carbocycles. The Morgan fingerprint density at radius 3 is 2.69 bits per heavy atom. The highest BCUT2D eigenvalue weighted by atomic mass is 35.5. The normalized spacial score (nSPS) is 15.2. The van der Waals surface area contributed by atoms with Crippen molar-refractivity contribution in [2.24, 2.45) is 0 Å². The van der Waals surface area contributed by atoms with E-state index in [-0.39, 0.29) is 16.6 Å². The maximum atomic E-state index is 13.8. The Morgan fingerprint density at radius 2 is 1.93 bits per heavy atom. The quantitative estimate of drug-likeness (QED) is 0.534. The van der Waals surface area contributed by atoms with Crippen LogP contribution in [0.25, 0.3) is 17.0 Å². The van der Waals surface area contributed by atoms with E-state index in [2.05, 4.69) is 16.0 Å². The number of nitrogens with zero attached hydrogens (tertiary/aromatic N) is 2. The number of aromatic nitrogens is 1. The summed E-state index contributed by atoms with van der Waals surface area (Å²) in [6.45, 7) is 2.24. The molecule has 6 heteroatoms. The highest BCUT2D eigenvalue weighted by molar-refractivity contribution is 6.39. The third-order valence-corrected chi connectivity index (χ3v) is 5.63. The fourth-order valence-electron chi connectivity index (χ4n) is 3.39. The van der Waals surface area contributed by atoms with Gasteiger partial charge in [-0.15, -0.1) is 0 Å². The van der Waals surface area contributed by atoms with E-state index in [1.165, 1.54) is 17.7 Å². The smallest absolute Gasteiger partial charge is 0.160 e.